The van der Waals surface area contributed by atoms with Crippen LogP contribution in [0.25, 0.3) is 6.08 Å². The standard InChI is InChI=1S/C16H11BrF3NO/c17-14-8-7-12(10-13(14)16(18,19)20)21-15(22)9-6-11-4-2-1-3-5-11/h1-10H,(H,21,22)/b9-6+. The highest BCUT2D eigenvalue weighted by Crippen LogP contribution is 2.36. The minimum absolute atomic E-state index is 0.0715. The van der Waals surface area contributed by atoms with Crippen molar-refractivity contribution in [1.82, 2.24) is 0 Å². The van der Waals surface area contributed by atoms with Crippen LogP contribution in [0.4, 0.5) is 18.9 Å². The van der Waals surface area contributed by atoms with Crippen molar-refractivity contribution in [2.45, 2.75) is 6.18 Å². The van der Waals surface area contributed by atoms with E-state index in [1.54, 1.807) is 6.08 Å². The lowest BCUT2D eigenvalue weighted by Gasteiger charge is -2.11. The van der Waals surface area contributed by atoms with Gasteiger partial charge >= 0.3 is 6.18 Å². The number of hydrogen-bond acceptors (Lipinski definition) is 1. The van der Waals surface area contributed by atoms with Crippen molar-refractivity contribution in [1.29, 1.82) is 0 Å². The van der Waals surface area contributed by atoms with E-state index in [1.807, 2.05) is 30.3 Å². The number of alkyl halides is 3. The van der Waals surface area contributed by atoms with Gasteiger partial charge in [0.15, 0.2) is 0 Å². The lowest BCUT2D eigenvalue weighted by molar-refractivity contribution is -0.138. The van der Waals surface area contributed by atoms with Crippen LogP contribution in [0.15, 0.2) is 59.1 Å². The molecule has 0 saturated carbocycles. The maximum absolute atomic E-state index is 12.8. The van der Waals surface area contributed by atoms with Crippen LogP contribution < -0.4 is 5.32 Å². The first-order chi connectivity index (χ1) is 10.4. The first-order valence-electron chi connectivity index (χ1n) is 6.27. The number of amides is 1. The molecule has 2 rings (SSSR count). The Kier molecular flexibility index (Phi) is 5.03. The highest BCUT2D eigenvalue weighted by atomic mass is 79.9. The zero-order valence-corrected chi connectivity index (χ0v) is 12.8. The van der Waals surface area contributed by atoms with Gasteiger partial charge in [-0.25, -0.2) is 0 Å². The van der Waals surface area contributed by atoms with Gasteiger partial charge in [-0.2, -0.15) is 13.2 Å². The molecular weight excluding hydrogens is 359 g/mol. The van der Waals surface area contributed by atoms with Crippen LogP contribution in [-0.4, -0.2) is 5.91 Å². The number of carbonyl (C=O) groups excluding carboxylic acids is 1. The Morgan fingerprint density at radius 2 is 1.77 bits per heavy atom. The molecule has 0 bridgehead atoms. The molecule has 0 fully saturated rings. The predicted octanol–water partition coefficient (Wildman–Crippen LogP) is 5.12. The van der Waals surface area contributed by atoms with Crippen molar-refractivity contribution < 1.29 is 18.0 Å². The number of halogens is 4. The fourth-order valence-electron chi connectivity index (χ4n) is 1.74. The summed E-state index contributed by atoms with van der Waals surface area (Å²) in [5, 5.41) is 2.41. The third kappa shape index (κ3) is 4.46. The van der Waals surface area contributed by atoms with Crippen LogP contribution in [0.5, 0.6) is 0 Å². The van der Waals surface area contributed by atoms with Crippen molar-refractivity contribution >= 4 is 33.6 Å². The van der Waals surface area contributed by atoms with Gasteiger partial charge in [0.25, 0.3) is 0 Å². The van der Waals surface area contributed by atoms with Crippen molar-refractivity contribution in [3.63, 3.8) is 0 Å². The Morgan fingerprint density at radius 1 is 1.09 bits per heavy atom. The minimum Gasteiger partial charge on any atom is -0.322 e. The molecule has 0 radical (unpaired) electrons. The van der Waals surface area contributed by atoms with E-state index in [1.165, 1.54) is 18.2 Å². The largest absolute Gasteiger partial charge is 0.417 e. The van der Waals surface area contributed by atoms with E-state index in [4.69, 9.17) is 0 Å². The molecule has 0 aromatic heterocycles. The van der Waals surface area contributed by atoms with Gasteiger partial charge in [0.1, 0.15) is 0 Å². The molecule has 2 aromatic carbocycles. The monoisotopic (exact) mass is 369 g/mol. The van der Waals surface area contributed by atoms with Crippen LogP contribution in [0.2, 0.25) is 0 Å². The quantitative estimate of drug-likeness (QED) is 0.747. The van der Waals surface area contributed by atoms with Crippen LogP contribution >= 0.6 is 15.9 Å². The SMILES string of the molecule is O=C(/C=C/c1ccccc1)Nc1ccc(Br)c(C(F)(F)F)c1. The molecule has 22 heavy (non-hydrogen) atoms. The van der Waals surface area contributed by atoms with Gasteiger partial charge in [0, 0.05) is 16.2 Å². The van der Waals surface area contributed by atoms with Gasteiger partial charge in [-0.15, -0.1) is 0 Å². The third-order valence-electron chi connectivity index (χ3n) is 2.77. The molecule has 0 aliphatic rings. The molecular formula is C16H11BrF3NO. The van der Waals surface area contributed by atoms with Gasteiger partial charge in [-0.3, -0.25) is 4.79 Å². The molecule has 2 aromatic rings. The predicted molar refractivity (Wildman–Crippen MR) is 83.2 cm³/mol. The van der Waals surface area contributed by atoms with Crippen molar-refractivity contribution in [3.8, 4) is 0 Å². The van der Waals surface area contributed by atoms with E-state index in [9.17, 15) is 18.0 Å². The first kappa shape index (κ1) is 16.3. The Labute approximate surface area is 133 Å². The first-order valence-corrected chi connectivity index (χ1v) is 7.06. The molecule has 0 heterocycles. The maximum atomic E-state index is 12.8. The number of benzene rings is 2. The number of carbonyl (C=O) groups is 1. The van der Waals surface area contributed by atoms with E-state index < -0.39 is 17.6 Å². The van der Waals surface area contributed by atoms with Crippen LogP contribution in [-0.2, 0) is 11.0 Å². The highest BCUT2D eigenvalue weighted by molar-refractivity contribution is 9.10. The average molecular weight is 370 g/mol. The van der Waals surface area contributed by atoms with E-state index in [0.717, 1.165) is 11.6 Å². The normalized spacial score (nSPS) is 11.6. The average Bonchev–Trinajstić information content (AvgIpc) is 2.47. The Bertz CT molecular complexity index is 696. The summed E-state index contributed by atoms with van der Waals surface area (Å²) in [6.07, 6.45) is -1.64. The van der Waals surface area contributed by atoms with Gasteiger partial charge in [0.05, 0.1) is 5.56 Å². The van der Waals surface area contributed by atoms with E-state index in [0.29, 0.717) is 0 Å². The summed E-state index contributed by atoms with van der Waals surface area (Å²) in [5.41, 5.74) is 0.0695. The molecule has 114 valence electrons. The van der Waals surface area contributed by atoms with Gasteiger partial charge in [0.2, 0.25) is 5.91 Å². The second-order valence-corrected chi connectivity index (χ2v) is 5.28. The number of anilines is 1. The van der Waals surface area contributed by atoms with Gasteiger partial charge in [-0.05, 0) is 29.8 Å². The number of nitrogens with one attached hydrogen (secondary N) is 1. The zero-order chi connectivity index (χ0) is 16.2. The molecule has 0 aliphatic carbocycles. The third-order valence-corrected chi connectivity index (χ3v) is 3.46. The van der Waals surface area contributed by atoms with Crippen LogP contribution in [0, 0.1) is 0 Å². The maximum Gasteiger partial charge on any atom is 0.417 e. The molecule has 1 N–H and O–H groups in total. The molecule has 1 amide bonds. The van der Waals surface area contributed by atoms with Gasteiger partial charge < -0.3 is 5.32 Å². The number of hydrogen-bond donors (Lipinski definition) is 1. The fraction of sp³-hybridized carbons (Fsp3) is 0.0625. The van der Waals surface area contributed by atoms with E-state index >= 15 is 0 Å². The summed E-state index contributed by atoms with van der Waals surface area (Å²) in [7, 11) is 0. The molecule has 6 heteroatoms. The van der Waals surface area contributed by atoms with Crippen LogP contribution in [0.1, 0.15) is 11.1 Å². The Morgan fingerprint density at radius 3 is 2.41 bits per heavy atom. The summed E-state index contributed by atoms with van der Waals surface area (Å²) in [6, 6.07) is 12.6. The fourth-order valence-corrected chi connectivity index (χ4v) is 2.21. The minimum atomic E-state index is -4.49. The highest BCUT2D eigenvalue weighted by Gasteiger charge is 2.33. The second kappa shape index (κ2) is 6.79. The number of rotatable bonds is 3. The molecule has 0 spiro atoms. The molecule has 0 atom stereocenters. The van der Waals surface area contributed by atoms with E-state index in [2.05, 4.69) is 21.2 Å². The van der Waals surface area contributed by atoms with Crippen LogP contribution in [0.3, 0.4) is 0 Å². The summed E-state index contributed by atoms with van der Waals surface area (Å²) < 4.78 is 38.3. The Hall–Kier alpha value is -2.08. The Balaban J connectivity index is 2.11. The smallest absolute Gasteiger partial charge is 0.322 e. The summed E-state index contributed by atoms with van der Waals surface area (Å²) in [6.45, 7) is 0. The lowest BCUT2D eigenvalue weighted by atomic mass is 10.2. The van der Waals surface area contributed by atoms with E-state index in [-0.39, 0.29) is 10.2 Å². The molecule has 0 aliphatic heterocycles. The topological polar surface area (TPSA) is 29.1 Å². The lowest BCUT2D eigenvalue weighted by Crippen LogP contribution is -2.11. The van der Waals surface area contributed by atoms with Crippen molar-refractivity contribution in [3.05, 3.63) is 70.2 Å². The summed E-state index contributed by atoms with van der Waals surface area (Å²) in [5.74, 6) is -0.501. The zero-order valence-electron chi connectivity index (χ0n) is 11.2. The van der Waals surface area contributed by atoms with Gasteiger partial charge in [-0.1, -0.05) is 46.3 Å². The molecule has 2 nitrogen and oxygen atoms in total. The second-order valence-electron chi connectivity index (χ2n) is 4.43. The summed E-state index contributed by atoms with van der Waals surface area (Å²) >= 11 is 2.85. The van der Waals surface area contributed by atoms with Crippen molar-refractivity contribution in [2.24, 2.45) is 0 Å². The molecule has 0 unspecified atom stereocenters. The summed E-state index contributed by atoms with van der Waals surface area (Å²) in [4.78, 5) is 11.7. The molecule has 0 saturated heterocycles. The van der Waals surface area contributed by atoms with Crippen molar-refractivity contribution in [2.75, 3.05) is 5.32 Å².